The largest absolute Gasteiger partial charge is 0.478 e. The molecule has 0 aliphatic carbocycles. The van der Waals surface area contributed by atoms with Crippen molar-refractivity contribution in [2.24, 2.45) is 0 Å². The number of hydrogen-bond acceptors (Lipinski definition) is 7. The molecule has 0 radical (unpaired) electrons. The van der Waals surface area contributed by atoms with Gasteiger partial charge in [0.25, 0.3) is 0 Å². The van der Waals surface area contributed by atoms with E-state index in [0.717, 1.165) is 6.54 Å². The lowest BCUT2D eigenvalue weighted by Gasteiger charge is -2.11. The van der Waals surface area contributed by atoms with E-state index < -0.39 is 11.9 Å². The number of carbonyl (C=O) groups excluding carboxylic acids is 1. The number of nitrogens with zero attached hydrogens (tertiary/aromatic N) is 2. The van der Waals surface area contributed by atoms with Crippen molar-refractivity contribution >= 4 is 29.1 Å². The Hall–Kier alpha value is -3.82. The molecule has 0 fully saturated rings. The Balaban J connectivity index is 0.000000390. The van der Waals surface area contributed by atoms with E-state index in [1.54, 1.807) is 24.4 Å². The van der Waals surface area contributed by atoms with Gasteiger partial charge in [0, 0.05) is 24.9 Å². The van der Waals surface area contributed by atoms with Gasteiger partial charge >= 0.3 is 11.9 Å². The molecule has 0 bridgehead atoms. The van der Waals surface area contributed by atoms with Crippen LogP contribution in [-0.2, 0) is 16.1 Å². The van der Waals surface area contributed by atoms with Crippen molar-refractivity contribution < 1.29 is 29.3 Å². The van der Waals surface area contributed by atoms with Gasteiger partial charge in [0.15, 0.2) is 0 Å². The van der Waals surface area contributed by atoms with Crippen LogP contribution in [0.15, 0.2) is 72.3 Å². The second kappa shape index (κ2) is 12.1. The number of carboxylic acids is 2. The molecule has 0 amide bonds. The highest BCUT2D eigenvalue weighted by molar-refractivity contribution is 7.12. The molecule has 2 N–H and O–H groups in total. The molecule has 2 heterocycles. The lowest BCUT2D eigenvalue weighted by atomic mass is 10.1. The van der Waals surface area contributed by atoms with Crippen LogP contribution >= 0.6 is 11.3 Å². The minimum Gasteiger partial charge on any atom is -0.478 e. The van der Waals surface area contributed by atoms with E-state index in [1.807, 2.05) is 49.8 Å². The van der Waals surface area contributed by atoms with Gasteiger partial charge in [0.05, 0.1) is 10.4 Å². The van der Waals surface area contributed by atoms with Crippen LogP contribution in [0, 0.1) is 0 Å². The van der Waals surface area contributed by atoms with E-state index in [9.17, 15) is 14.4 Å². The molecule has 166 valence electrons. The van der Waals surface area contributed by atoms with E-state index in [4.69, 9.17) is 14.9 Å². The number of hydrogen-bond donors (Lipinski definition) is 2. The second-order valence-electron chi connectivity index (χ2n) is 6.66. The van der Waals surface area contributed by atoms with Crippen molar-refractivity contribution in [3.8, 4) is 11.6 Å². The summed E-state index contributed by atoms with van der Waals surface area (Å²) >= 11 is 1.41. The zero-order valence-electron chi connectivity index (χ0n) is 17.5. The first-order chi connectivity index (χ1) is 15.3. The van der Waals surface area contributed by atoms with Crippen LogP contribution in [0.3, 0.4) is 0 Å². The molecule has 0 spiro atoms. The monoisotopic (exact) mass is 454 g/mol. The molecule has 0 aliphatic rings. The topological polar surface area (TPSA) is 117 Å². The third kappa shape index (κ3) is 8.13. The Morgan fingerprint density at radius 1 is 1.00 bits per heavy atom. The lowest BCUT2D eigenvalue weighted by molar-refractivity contribution is -0.134. The van der Waals surface area contributed by atoms with Gasteiger partial charge in [-0.15, -0.1) is 11.3 Å². The zero-order chi connectivity index (χ0) is 23.5. The summed E-state index contributed by atoms with van der Waals surface area (Å²) in [6.07, 6.45) is 2.74. The minimum absolute atomic E-state index is 0.0719. The Morgan fingerprint density at radius 2 is 1.66 bits per heavy atom. The molecule has 3 aromatic rings. The van der Waals surface area contributed by atoms with Crippen molar-refractivity contribution in [1.29, 1.82) is 0 Å². The van der Waals surface area contributed by atoms with Gasteiger partial charge in [-0.1, -0.05) is 18.2 Å². The first kappa shape index (κ1) is 24.4. The summed E-state index contributed by atoms with van der Waals surface area (Å²) in [5, 5.41) is 17.5. The van der Waals surface area contributed by atoms with Gasteiger partial charge in [0.2, 0.25) is 11.7 Å². The number of ketones is 1. The van der Waals surface area contributed by atoms with Gasteiger partial charge in [-0.3, -0.25) is 4.79 Å². The number of aromatic nitrogens is 1. The number of carbonyl (C=O) groups is 3. The fraction of sp³-hybridized carbons (Fsp3) is 0.130. The van der Waals surface area contributed by atoms with Crippen LogP contribution in [-0.4, -0.2) is 51.9 Å². The normalized spacial score (nSPS) is 10.5. The molecule has 0 aliphatic heterocycles. The quantitative estimate of drug-likeness (QED) is 0.388. The van der Waals surface area contributed by atoms with Gasteiger partial charge < -0.3 is 19.8 Å². The molecule has 1 aromatic carbocycles. The van der Waals surface area contributed by atoms with E-state index >= 15 is 0 Å². The molecule has 32 heavy (non-hydrogen) atoms. The van der Waals surface area contributed by atoms with Crippen LogP contribution in [0.5, 0.6) is 11.6 Å². The van der Waals surface area contributed by atoms with Crippen LogP contribution in [0.1, 0.15) is 20.8 Å². The van der Waals surface area contributed by atoms with Crippen molar-refractivity contribution in [2.45, 2.75) is 6.54 Å². The maximum Gasteiger partial charge on any atom is 0.328 e. The van der Waals surface area contributed by atoms with Crippen LogP contribution in [0.4, 0.5) is 0 Å². The highest BCUT2D eigenvalue weighted by atomic mass is 32.1. The molecule has 3 rings (SSSR count). The summed E-state index contributed by atoms with van der Waals surface area (Å²) in [6, 6.07) is 15.0. The molecular formula is C23H22N2O6S. The molecule has 8 nitrogen and oxygen atoms in total. The predicted octanol–water partition coefficient (Wildman–Crippen LogP) is 3.94. The third-order valence-electron chi connectivity index (χ3n) is 3.77. The van der Waals surface area contributed by atoms with Gasteiger partial charge in [-0.05, 0) is 55.4 Å². The SMILES string of the molecule is CN(C)Cc1ccc(Oc2ncccc2C(=O)c2cccs2)cc1.O=C(O)C=CC(=O)O. The highest BCUT2D eigenvalue weighted by Gasteiger charge is 2.17. The number of pyridine rings is 1. The van der Waals surface area contributed by atoms with Crippen LogP contribution in [0.2, 0.25) is 0 Å². The smallest absolute Gasteiger partial charge is 0.328 e. The number of rotatable bonds is 8. The first-order valence-electron chi connectivity index (χ1n) is 9.35. The van der Waals surface area contributed by atoms with Crippen molar-refractivity contribution in [2.75, 3.05) is 14.1 Å². The average molecular weight is 455 g/mol. The first-order valence-corrected chi connectivity index (χ1v) is 10.2. The fourth-order valence-corrected chi connectivity index (χ4v) is 3.15. The standard InChI is InChI=1S/C19H18N2O2S.C4H4O4/c1-21(2)13-14-7-9-15(10-8-14)23-19-16(5-3-11-20-19)18(22)17-6-4-12-24-17;5-3(6)1-2-4(7)8/h3-12H,13H2,1-2H3;1-2H,(H,5,6)(H,7,8). The lowest BCUT2D eigenvalue weighted by Crippen LogP contribution is -2.10. The van der Waals surface area contributed by atoms with Crippen molar-refractivity contribution in [3.63, 3.8) is 0 Å². The molecule has 0 unspecified atom stereocenters. The Morgan fingerprint density at radius 3 is 2.19 bits per heavy atom. The summed E-state index contributed by atoms with van der Waals surface area (Å²) in [5.41, 5.74) is 1.67. The number of carboxylic acid groups (broad SMARTS) is 2. The Bertz CT molecular complexity index is 1060. The zero-order valence-corrected chi connectivity index (χ0v) is 18.3. The van der Waals surface area contributed by atoms with Crippen LogP contribution in [0.25, 0.3) is 0 Å². The Kier molecular flexibility index (Phi) is 9.27. The number of thiophene rings is 1. The van der Waals surface area contributed by atoms with E-state index in [2.05, 4.69) is 9.88 Å². The molecular weight excluding hydrogens is 432 g/mol. The van der Waals surface area contributed by atoms with E-state index in [0.29, 0.717) is 34.2 Å². The highest BCUT2D eigenvalue weighted by Crippen LogP contribution is 2.26. The third-order valence-corrected chi connectivity index (χ3v) is 4.63. The van der Waals surface area contributed by atoms with Gasteiger partial charge in [-0.2, -0.15) is 0 Å². The predicted molar refractivity (Wildman–Crippen MR) is 120 cm³/mol. The maximum absolute atomic E-state index is 12.6. The number of benzene rings is 1. The van der Waals surface area contributed by atoms with E-state index in [-0.39, 0.29) is 5.78 Å². The van der Waals surface area contributed by atoms with Gasteiger partial charge in [-0.25, -0.2) is 14.6 Å². The molecule has 9 heteroatoms. The molecule has 0 atom stereocenters. The fourth-order valence-electron chi connectivity index (χ4n) is 2.47. The summed E-state index contributed by atoms with van der Waals surface area (Å²) in [4.78, 5) is 38.7. The van der Waals surface area contributed by atoms with Crippen molar-refractivity contribution in [3.05, 3.63) is 88.3 Å². The summed E-state index contributed by atoms with van der Waals surface area (Å²) in [7, 11) is 4.06. The summed E-state index contributed by atoms with van der Waals surface area (Å²) in [6.45, 7) is 0.867. The van der Waals surface area contributed by atoms with Gasteiger partial charge in [0.1, 0.15) is 5.75 Å². The maximum atomic E-state index is 12.6. The van der Waals surface area contributed by atoms with Crippen molar-refractivity contribution in [1.82, 2.24) is 9.88 Å². The molecule has 0 saturated heterocycles. The second-order valence-corrected chi connectivity index (χ2v) is 7.60. The average Bonchev–Trinajstić information content (AvgIpc) is 3.29. The summed E-state index contributed by atoms with van der Waals surface area (Å²) < 4.78 is 5.85. The van der Waals surface area contributed by atoms with E-state index in [1.165, 1.54) is 16.9 Å². The molecule has 0 saturated carbocycles. The van der Waals surface area contributed by atoms with Crippen LogP contribution < -0.4 is 4.74 Å². The number of ether oxygens (including phenoxy) is 1. The Labute approximate surface area is 189 Å². The number of aliphatic carboxylic acids is 2. The molecule has 2 aromatic heterocycles. The minimum atomic E-state index is -1.26. The summed E-state index contributed by atoms with van der Waals surface area (Å²) in [5.74, 6) is -1.59.